The van der Waals surface area contributed by atoms with Gasteiger partial charge in [-0.25, -0.2) is 8.42 Å². The summed E-state index contributed by atoms with van der Waals surface area (Å²) < 4.78 is 23.2. The van der Waals surface area contributed by atoms with E-state index in [9.17, 15) is 8.42 Å². The zero-order valence-corrected chi connectivity index (χ0v) is 14.6. The largest absolute Gasteiger partial charge is 0.311 e. The summed E-state index contributed by atoms with van der Waals surface area (Å²) in [6, 6.07) is 0.533. The molecule has 1 fully saturated rings. The van der Waals surface area contributed by atoms with Gasteiger partial charge in [0.2, 0.25) is 0 Å². The lowest BCUT2D eigenvalue weighted by Gasteiger charge is -2.46. The first-order valence-corrected chi connectivity index (χ1v) is 9.67. The van der Waals surface area contributed by atoms with Gasteiger partial charge < -0.3 is 5.32 Å². The Bertz CT molecular complexity index is 391. The summed E-state index contributed by atoms with van der Waals surface area (Å²) in [6.45, 7) is 13.6. The van der Waals surface area contributed by atoms with Gasteiger partial charge in [-0.2, -0.15) is 0 Å². The molecule has 1 aliphatic heterocycles. The van der Waals surface area contributed by atoms with E-state index in [0.29, 0.717) is 17.7 Å². The van der Waals surface area contributed by atoms with Crippen molar-refractivity contribution in [1.29, 1.82) is 0 Å². The quantitative estimate of drug-likeness (QED) is 0.780. The summed E-state index contributed by atoms with van der Waals surface area (Å²) in [5.74, 6) is 1.27. The van der Waals surface area contributed by atoms with Crippen LogP contribution in [0.3, 0.4) is 0 Å². The second kappa shape index (κ2) is 7.23. The Morgan fingerprint density at radius 2 is 2.00 bits per heavy atom. The number of rotatable bonds is 7. The lowest BCUT2D eigenvalue weighted by molar-refractivity contribution is 0.0612. The van der Waals surface area contributed by atoms with Crippen LogP contribution in [0.1, 0.15) is 47.5 Å². The van der Waals surface area contributed by atoms with Crippen LogP contribution in [-0.2, 0) is 9.84 Å². The SMILES string of the molecule is CCS(=O)(=O)CCCN1CC(CC(C)C)NCC1(C)C. The van der Waals surface area contributed by atoms with Crippen molar-refractivity contribution in [3.05, 3.63) is 0 Å². The van der Waals surface area contributed by atoms with Crippen LogP contribution in [0, 0.1) is 5.92 Å². The Hall–Kier alpha value is -0.130. The van der Waals surface area contributed by atoms with Gasteiger partial charge in [0, 0.05) is 30.4 Å². The van der Waals surface area contributed by atoms with E-state index >= 15 is 0 Å². The van der Waals surface area contributed by atoms with E-state index in [4.69, 9.17) is 0 Å². The highest BCUT2D eigenvalue weighted by molar-refractivity contribution is 7.91. The number of piperazine rings is 1. The summed E-state index contributed by atoms with van der Waals surface area (Å²) in [4.78, 5) is 2.46. The first kappa shape index (κ1) is 17.9. The third-order valence-electron chi connectivity index (χ3n) is 4.20. The van der Waals surface area contributed by atoms with Crippen LogP contribution >= 0.6 is 0 Å². The fraction of sp³-hybridized carbons (Fsp3) is 1.00. The molecule has 0 amide bonds. The van der Waals surface area contributed by atoms with Gasteiger partial charge in [-0.1, -0.05) is 20.8 Å². The number of nitrogens with one attached hydrogen (secondary N) is 1. The molecule has 1 heterocycles. The number of hydrogen-bond acceptors (Lipinski definition) is 4. The summed E-state index contributed by atoms with van der Waals surface area (Å²) in [7, 11) is -2.83. The molecule has 0 bridgehead atoms. The first-order valence-electron chi connectivity index (χ1n) is 7.85. The second-order valence-corrected chi connectivity index (χ2v) is 9.53. The average molecular weight is 305 g/mol. The van der Waals surface area contributed by atoms with Gasteiger partial charge in [0.1, 0.15) is 9.84 Å². The van der Waals surface area contributed by atoms with Gasteiger partial charge >= 0.3 is 0 Å². The second-order valence-electron chi connectivity index (χ2n) is 7.06. The predicted molar refractivity (Wildman–Crippen MR) is 85.8 cm³/mol. The maximum atomic E-state index is 11.6. The topological polar surface area (TPSA) is 49.4 Å². The van der Waals surface area contributed by atoms with Crippen molar-refractivity contribution in [2.24, 2.45) is 5.92 Å². The normalized spacial score (nSPS) is 24.2. The van der Waals surface area contributed by atoms with Gasteiger partial charge in [0.15, 0.2) is 0 Å². The lowest BCUT2D eigenvalue weighted by Crippen LogP contribution is -2.62. The standard InChI is InChI=1S/C15H32N2O2S/c1-6-20(18,19)9-7-8-17-11-14(10-13(2)3)16-12-15(17,4)5/h13-14,16H,6-12H2,1-5H3. The summed E-state index contributed by atoms with van der Waals surface area (Å²) in [5, 5.41) is 3.63. The molecule has 0 radical (unpaired) electrons. The highest BCUT2D eigenvalue weighted by atomic mass is 32.2. The minimum atomic E-state index is -2.83. The Morgan fingerprint density at radius 3 is 2.55 bits per heavy atom. The van der Waals surface area contributed by atoms with E-state index in [1.165, 1.54) is 6.42 Å². The summed E-state index contributed by atoms with van der Waals surface area (Å²) >= 11 is 0. The van der Waals surface area contributed by atoms with Crippen molar-refractivity contribution >= 4 is 9.84 Å². The molecular formula is C15H32N2O2S. The molecule has 1 unspecified atom stereocenters. The maximum absolute atomic E-state index is 11.6. The van der Waals surface area contributed by atoms with Crippen LogP contribution in [0.25, 0.3) is 0 Å². The molecule has 20 heavy (non-hydrogen) atoms. The number of sulfone groups is 1. The molecule has 120 valence electrons. The third-order valence-corrected chi connectivity index (χ3v) is 5.99. The smallest absolute Gasteiger partial charge is 0.150 e. The van der Waals surface area contributed by atoms with Gasteiger partial charge in [0.25, 0.3) is 0 Å². The third kappa shape index (κ3) is 5.70. The summed E-state index contributed by atoms with van der Waals surface area (Å²) in [6.07, 6.45) is 1.92. The zero-order valence-electron chi connectivity index (χ0n) is 13.8. The number of hydrogen-bond donors (Lipinski definition) is 1. The molecule has 1 aliphatic rings. The molecule has 0 saturated carbocycles. The molecule has 1 rings (SSSR count). The van der Waals surface area contributed by atoms with Crippen molar-refractivity contribution < 1.29 is 8.42 Å². The van der Waals surface area contributed by atoms with Crippen LogP contribution in [0.15, 0.2) is 0 Å². The predicted octanol–water partition coefficient (Wildman–Crippen LogP) is 1.91. The van der Waals surface area contributed by atoms with Gasteiger partial charge in [-0.15, -0.1) is 0 Å². The molecule has 1 atom stereocenters. The van der Waals surface area contributed by atoms with E-state index < -0.39 is 9.84 Å². The van der Waals surface area contributed by atoms with E-state index in [0.717, 1.165) is 26.1 Å². The highest BCUT2D eigenvalue weighted by Gasteiger charge is 2.33. The Balaban J connectivity index is 2.51. The molecule has 0 aromatic heterocycles. The minimum Gasteiger partial charge on any atom is -0.311 e. The Labute approximate surface area is 125 Å². The minimum absolute atomic E-state index is 0.115. The van der Waals surface area contributed by atoms with Crippen LogP contribution in [-0.4, -0.2) is 56.0 Å². The van der Waals surface area contributed by atoms with Crippen molar-refractivity contribution in [3.63, 3.8) is 0 Å². The average Bonchev–Trinajstić information content (AvgIpc) is 2.32. The molecule has 5 heteroatoms. The van der Waals surface area contributed by atoms with Crippen molar-refractivity contribution in [2.45, 2.75) is 59.0 Å². The molecule has 0 aliphatic carbocycles. The van der Waals surface area contributed by atoms with Crippen LogP contribution in [0.5, 0.6) is 0 Å². The van der Waals surface area contributed by atoms with Gasteiger partial charge in [-0.05, 0) is 39.2 Å². The molecule has 1 N–H and O–H groups in total. The van der Waals surface area contributed by atoms with Gasteiger partial charge in [-0.3, -0.25) is 4.90 Å². The zero-order chi connectivity index (χ0) is 15.4. The Kier molecular flexibility index (Phi) is 6.48. The van der Waals surface area contributed by atoms with Crippen molar-refractivity contribution in [1.82, 2.24) is 10.2 Å². The van der Waals surface area contributed by atoms with Crippen LogP contribution in [0.2, 0.25) is 0 Å². The number of nitrogens with zero attached hydrogens (tertiary/aromatic N) is 1. The molecule has 0 aromatic rings. The van der Waals surface area contributed by atoms with E-state index in [1.54, 1.807) is 6.92 Å². The summed E-state index contributed by atoms with van der Waals surface area (Å²) in [5.41, 5.74) is 0.115. The van der Waals surface area contributed by atoms with E-state index in [1.807, 2.05) is 0 Å². The van der Waals surface area contributed by atoms with Crippen molar-refractivity contribution in [2.75, 3.05) is 31.1 Å². The van der Waals surface area contributed by atoms with Gasteiger partial charge in [0.05, 0.1) is 5.75 Å². The molecule has 0 spiro atoms. The first-order chi connectivity index (χ1) is 9.16. The monoisotopic (exact) mass is 304 g/mol. The molecular weight excluding hydrogens is 272 g/mol. The Morgan fingerprint density at radius 1 is 1.35 bits per heavy atom. The fourth-order valence-corrected chi connectivity index (χ4v) is 3.68. The maximum Gasteiger partial charge on any atom is 0.150 e. The van der Waals surface area contributed by atoms with Crippen LogP contribution in [0.4, 0.5) is 0 Å². The van der Waals surface area contributed by atoms with Crippen LogP contribution < -0.4 is 5.32 Å². The fourth-order valence-electron chi connectivity index (χ4n) is 2.82. The van der Waals surface area contributed by atoms with E-state index in [-0.39, 0.29) is 11.3 Å². The molecule has 1 saturated heterocycles. The molecule has 0 aromatic carbocycles. The highest BCUT2D eigenvalue weighted by Crippen LogP contribution is 2.21. The molecule has 4 nitrogen and oxygen atoms in total. The van der Waals surface area contributed by atoms with Crippen molar-refractivity contribution in [3.8, 4) is 0 Å². The lowest BCUT2D eigenvalue weighted by atomic mass is 9.93. The van der Waals surface area contributed by atoms with E-state index in [2.05, 4.69) is 37.9 Å².